The predicted molar refractivity (Wildman–Crippen MR) is 64.9 cm³/mol. The van der Waals surface area contributed by atoms with E-state index >= 15 is 0 Å². The summed E-state index contributed by atoms with van der Waals surface area (Å²) in [6.07, 6.45) is 6.82. The summed E-state index contributed by atoms with van der Waals surface area (Å²) in [7, 11) is 0. The second-order valence-corrected chi connectivity index (χ2v) is 5.93. The van der Waals surface area contributed by atoms with Gasteiger partial charge in [-0.3, -0.25) is 0 Å². The fourth-order valence-corrected chi connectivity index (χ4v) is 2.26. The van der Waals surface area contributed by atoms with Gasteiger partial charge in [0.15, 0.2) is 0 Å². The van der Waals surface area contributed by atoms with Crippen LogP contribution >= 0.6 is 0 Å². The van der Waals surface area contributed by atoms with Gasteiger partial charge in [0.25, 0.3) is 0 Å². The predicted octanol–water partition coefficient (Wildman–Crippen LogP) is 2.56. The molecule has 1 aliphatic carbocycles. The highest BCUT2D eigenvalue weighted by Crippen LogP contribution is 2.23. The van der Waals surface area contributed by atoms with Crippen molar-refractivity contribution >= 4 is 0 Å². The molecule has 1 saturated carbocycles. The Kier molecular flexibility index (Phi) is 5.07. The fourth-order valence-electron chi connectivity index (χ4n) is 2.26. The lowest BCUT2D eigenvalue weighted by molar-refractivity contribution is 0.148. The first-order chi connectivity index (χ1) is 7.05. The van der Waals surface area contributed by atoms with Crippen molar-refractivity contribution in [1.29, 1.82) is 0 Å². The van der Waals surface area contributed by atoms with Gasteiger partial charge in [-0.05, 0) is 18.8 Å². The van der Waals surface area contributed by atoms with Crippen molar-refractivity contribution in [3.8, 4) is 0 Å². The Morgan fingerprint density at radius 3 is 2.53 bits per heavy atom. The molecule has 2 nitrogen and oxygen atoms in total. The summed E-state index contributed by atoms with van der Waals surface area (Å²) in [5.74, 6) is 0.794. The molecule has 2 unspecified atom stereocenters. The minimum atomic E-state index is 0.0199. The highest BCUT2D eigenvalue weighted by Gasteiger charge is 2.23. The Balaban J connectivity index is 2.35. The van der Waals surface area contributed by atoms with Crippen LogP contribution in [0.5, 0.6) is 0 Å². The van der Waals surface area contributed by atoms with Gasteiger partial charge in [-0.2, -0.15) is 0 Å². The third-order valence-corrected chi connectivity index (χ3v) is 3.63. The summed E-state index contributed by atoms with van der Waals surface area (Å²) in [6.45, 7) is 7.78. The number of hydrogen-bond acceptors (Lipinski definition) is 2. The van der Waals surface area contributed by atoms with Crippen LogP contribution < -0.4 is 5.32 Å². The van der Waals surface area contributed by atoms with Gasteiger partial charge in [-0.25, -0.2) is 0 Å². The van der Waals surface area contributed by atoms with Crippen molar-refractivity contribution in [2.45, 2.75) is 58.9 Å². The fraction of sp³-hybridized carbons (Fsp3) is 1.00. The monoisotopic (exact) mass is 213 g/mol. The third kappa shape index (κ3) is 4.52. The molecule has 0 aromatic heterocycles. The van der Waals surface area contributed by atoms with Gasteiger partial charge < -0.3 is 10.4 Å². The molecule has 0 spiro atoms. The van der Waals surface area contributed by atoms with Crippen LogP contribution in [0.25, 0.3) is 0 Å². The third-order valence-electron chi connectivity index (χ3n) is 3.63. The van der Waals surface area contributed by atoms with Crippen molar-refractivity contribution in [3.05, 3.63) is 0 Å². The maximum Gasteiger partial charge on any atom is 0.0494 e. The average Bonchev–Trinajstić information content (AvgIpc) is 2.40. The summed E-state index contributed by atoms with van der Waals surface area (Å²) in [6, 6.07) is 0.665. The molecular weight excluding hydrogens is 186 g/mol. The van der Waals surface area contributed by atoms with Gasteiger partial charge in [-0.1, -0.05) is 40.0 Å². The number of rotatable bonds is 4. The summed E-state index contributed by atoms with van der Waals surface area (Å²) in [5, 5.41) is 12.8. The molecule has 0 amide bonds. The van der Waals surface area contributed by atoms with E-state index in [4.69, 9.17) is 0 Å². The molecule has 0 aromatic carbocycles. The van der Waals surface area contributed by atoms with Gasteiger partial charge in [0.05, 0.1) is 0 Å². The zero-order valence-electron chi connectivity index (χ0n) is 10.6. The van der Waals surface area contributed by atoms with Crippen molar-refractivity contribution in [2.75, 3.05) is 13.2 Å². The molecular formula is C13H27NO. The standard InChI is InChI=1S/C13H27NO/c1-11-7-5-4-6-8-12(11)14-9-13(2,3)10-15/h11-12,14-15H,4-10H2,1-3H3. The first-order valence-electron chi connectivity index (χ1n) is 6.39. The molecule has 0 heterocycles. The smallest absolute Gasteiger partial charge is 0.0494 e. The van der Waals surface area contributed by atoms with Crippen LogP contribution in [-0.2, 0) is 0 Å². The number of nitrogens with one attached hydrogen (secondary N) is 1. The van der Waals surface area contributed by atoms with Crippen molar-refractivity contribution < 1.29 is 5.11 Å². The van der Waals surface area contributed by atoms with Gasteiger partial charge in [-0.15, -0.1) is 0 Å². The van der Waals surface area contributed by atoms with Gasteiger partial charge >= 0.3 is 0 Å². The van der Waals surface area contributed by atoms with E-state index in [0.717, 1.165) is 12.5 Å². The van der Waals surface area contributed by atoms with E-state index in [9.17, 15) is 5.11 Å². The molecule has 0 aliphatic heterocycles. The van der Waals surface area contributed by atoms with Gasteiger partial charge in [0, 0.05) is 24.6 Å². The van der Waals surface area contributed by atoms with Gasteiger partial charge in [0.2, 0.25) is 0 Å². The van der Waals surface area contributed by atoms with Crippen LogP contribution in [-0.4, -0.2) is 24.3 Å². The maximum absolute atomic E-state index is 9.20. The normalized spacial score (nSPS) is 28.8. The van der Waals surface area contributed by atoms with E-state index in [-0.39, 0.29) is 12.0 Å². The molecule has 0 saturated heterocycles. The Labute approximate surface area is 94.5 Å². The van der Waals surface area contributed by atoms with Crippen molar-refractivity contribution in [1.82, 2.24) is 5.32 Å². The van der Waals surface area contributed by atoms with Crippen LogP contribution in [0.3, 0.4) is 0 Å². The van der Waals surface area contributed by atoms with E-state index in [1.807, 2.05) is 0 Å². The Morgan fingerprint density at radius 2 is 1.87 bits per heavy atom. The van der Waals surface area contributed by atoms with Crippen molar-refractivity contribution in [3.63, 3.8) is 0 Å². The van der Waals surface area contributed by atoms with E-state index in [2.05, 4.69) is 26.1 Å². The molecule has 90 valence electrons. The lowest BCUT2D eigenvalue weighted by Crippen LogP contribution is -2.41. The molecule has 2 heteroatoms. The van der Waals surface area contributed by atoms with Crippen molar-refractivity contribution in [2.24, 2.45) is 11.3 Å². The number of aliphatic hydroxyl groups excluding tert-OH is 1. The summed E-state index contributed by atoms with van der Waals surface area (Å²) >= 11 is 0. The Bertz CT molecular complexity index is 179. The summed E-state index contributed by atoms with van der Waals surface area (Å²) in [5.41, 5.74) is 0.0199. The first kappa shape index (κ1) is 13.0. The first-order valence-corrected chi connectivity index (χ1v) is 6.39. The molecule has 2 atom stereocenters. The van der Waals surface area contributed by atoms with Crippen LogP contribution in [0.1, 0.15) is 52.9 Å². The number of hydrogen-bond donors (Lipinski definition) is 2. The Hall–Kier alpha value is -0.0800. The SMILES string of the molecule is CC1CCCCCC1NCC(C)(C)CO. The minimum absolute atomic E-state index is 0.0199. The summed E-state index contributed by atoms with van der Waals surface area (Å²) in [4.78, 5) is 0. The molecule has 0 bridgehead atoms. The van der Waals surface area contributed by atoms with E-state index in [0.29, 0.717) is 6.04 Å². The van der Waals surface area contributed by atoms with E-state index in [1.165, 1.54) is 32.1 Å². The highest BCUT2D eigenvalue weighted by molar-refractivity contribution is 4.80. The molecule has 0 radical (unpaired) electrons. The second kappa shape index (κ2) is 5.86. The van der Waals surface area contributed by atoms with Crippen LogP contribution in [0, 0.1) is 11.3 Å². The van der Waals surface area contributed by atoms with Crippen LogP contribution in [0.15, 0.2) is 0 Å². The zero-order chi connectivity index (χ0) is 11.3. The topological polar surface area (TPSA) is 32.3 Å². The lowest BCUT2D eigenvalue weighted by Gasteiger charge is -2.29. The summed E-state index contributed by atoms with van der Waals surface area (Å²) < 4.78 is 0. The quantitative estimate of drug-likeness (QED) is 0.703. The van der Waals surface area contributed by atoms with Crippen LogP contribution in [0.4, 0.5) is 0 Å². The largest absolute Gasteiger partial charge is 0.396 e. The second-order valence-electron chi connectivity index (χ2n) is 5.93. The van der Waals surface area contributed by atoms with Crippen LogP contribution in [0.2, 0.25) is 0 Å². The molecule has 2 N–H and O–H groups in total. The van der Waals surface area contributed by atoms with E-state index < -0.39 is 0 Å². The molecule has 1 fully saturated rings. The van der Waals surface area contributed by atoms with Gasteiger partial charge in [0.1, 0.15) is 0 Å². The Morgan fingerprint density at radius 1 is 1.20 bits per heavy atom. The highest BCUT2D eigenvalue weighted by atomic mass is 16.3. The van der Waals surface area contributed by atoms with E-state index in [1.54, 1.807) is 0 Å². The molecule has 0 aromatic rings. The minimum Gasteiger partial charge on any atom is -0.396 e. The molecule has 1 aliphatic rings. The molecule has 1 rings (SSSR count). The zero-order valence-corrected chi connectivity index (χ0v) is 10.6. The maximum atomic E-state index is 9.20. The average molecular weight is 213 g/mol. The lowest BCUT2D eigenvalue weighted by atomic mass is 9.92. The molecule has 15 heavy (non-hydrogen) atoms. The number of aliphatic hydroxyl groups is 1.